The van der Waals surface area contributed by atoms with Gasteiger partial charge in [0.1, 0.15) is 0 Å². The zero-order chi connectivity index (χ0) is 13.8. The van der Waals surface area contributed by atoms with Gasteiger partial charge in [-0.05, 0) is 12.1 Å². The van der Waals surface area contributed by atoms with Crippen LogP contribution >= 0.6 is 0 Å². The topological polar surface area (TPSA) is 73.5 Å². The molecule has 0 spiro atoms. The molecule has 0 atom stereocenters. The van der Waals surface area contributed by atoms with E-state index >= 15 is 0 Å². The fourth-order valence-electron chi connectivity index (χ4n) is 1.64. The van der Waals surface area contributed by atoms with Gasteiger partial charge >= 0.3 is 5.97 Å². The number of methoxy groups -OCH3 is 1. The monoisotopic (exact) mass is 262 g/mol. The zero-order valence-electron chi connectivity index (χ0n) is 10.7. The molecule has 0 aromatic carbocycles. The Hall–Kier alpha value is -2.50. The van der Waals surface area contributed by atoms with Crippen molar-refractivity contribution < 1.29 is 13.9 Å². The maximum absolute atomic E-state index is 11.4. The summed E-state index contributed by atoms with van der Waals surface area (Å²) in [4.78, 5) is 22.7. The lowest BCUT2D eigenvalue weighted by atomic mass is 10.2. The summed E-state index contributed by atoms with van der Waals surface area (Å²) in [6.07, 6.45) is 3.12. The highest BCUT2D eigenvalue weighted by Crippen LogP contribution is 2.14. The van der Waals surface area contributed by atoms with Crippen molar-refractivity contribution in [3.05, 3.63) is 52.3 Å². The summed E-state index contributed by atoms with van der Waals surface area (Å²) >= 11 is 0. The van der Waals surface area contributed by atoms with E-state index in [1.165, 1.54) is 24.0 Å². The van der Waals surface area contributed by atoms with Crippen LogP contribution in [0.15, 0.2) is 39.9 Å². The van der Waals surface area contributed by atoms with Crippen LogP contribution in [0.3, 0.4) is 0 Å². The second-order valence-electron chi connectivity index (χ2n) is 3.99. The third-order valence-corrected chi connectivity index (χ3v) is 2.69. The lowest BCUT2D eigenvalue weighted by Crippen LogP contribution is -2.15. The number of nitrogens with one attached hydrogen (secondary N) is 1. The van der Waals surface area contributed by atoms with Crippen molar-refractivity contribution >= 4 is 11.7 Å². The van der Waals surface area contributed by atoms with Crippen molar-refractivity contribution in [2.45, 2.75) is 6.54 Å². The van der Waals surface area contributed by atoms with Gasteiger partial charge in [-0.1, -0.05) is 0 Å². The van der Waals surface area contributed by atoms with Crippen molar-refractivity contribution in [3.63, 3.8) is 0 Å². The summed E-state index contributed by atoms with van der Waals surface area (Å²) in [5.41, 5.74) is 1.39. The van der Waals surface area contributed by atoms with Crippen LogP contribution in [0.4, 0.5) is 5.69 Å². The molecule has 2 rings (SSSR count). The molecule has 0 amide bonds. The molecule has 0 unspecified atom stereocenters. The molecule has 0 fully saturated rings. The van der Waals surface area contributed by atoms with Gasteiger partial charge in [-0.15, -0.1) is 0 Å². The Kier molecular flexibility index (Phi) is 3.70. The smallest absolute Gasteiger partial charge is 0.374 e. The highest BCUT2D eigenvalue weighted by molar-refractivity contribution is 5.87. The average molecular weight is 262 g/mol. The Morgan fingerprint density at radius 3 is 2.89 bits per heavy atom. The number of nitrogens with zero attached hydrogens (tertiary/aromatic N) is 1. The highest BCUT2D eigenvalue weighted by Gasteiger charge is 2.15. The van der Waals surface area contributed by atoms with E-state index in [0.717, 1.165) is 5.69 Å². The Bertz CT molecular complexity index is 642. The van der Waals surface area contributed by atoms with Crippen LogP contribution in [0.2, 0.25) is 0 Å². The predicted molar refractivity (Wildman–Crippen MR) is 69.1 cm³/mol. The van der Waals surface area contributed by atoms with Gasteiger partial charge in [0.05, 0.1) is 19.1 Å². The molecule has 0 bridgehead atoms. The van der Waals surface area contributed by atoms with Crippen LogP contribution in [0.5, 0.6) is 0 Å². The number of aromatic nitrogens is 1. The number of hydrogen-bond donors (Lipinski definition) is 1. The molecule has 2 aromatic heterocycles. The molecule has 2 aromatic rings. The van der Waals surface area contributed by atoms with Crippen molar-refractivity contribution in [2.75, 3.05) is 12.4 Å². The summed E-state index contributed by atoms with van der Waals surface area (Å²) in [6.45, 7) is 0.402. The van der Waals surface area contributed by atoms with Crippen molar-refractivity contribution in [1.82, 2.24) is 4.57 Å². The summed E-state index contributed by atoms with van der Waals surface area (Å²) in [5, 5.41) is 3.11. The number of furan rings is 1. The standard InChI is InChI=1S/C13H14N2O4/c1-15-8-10(3-4-11(15)16)14-7-9-5-6-19-12(9)13(17)18-2/h3-6,8,14H,7H2,1-2H3. The van der Waals surface area contributed by atoms with E-state index in [1.54, 1.807) is 25.4 Å². The Labute approximate surface area is 109 Å². The number of carbonyl (C=O) groups is 1. The summed E-state index contributed by atoms with van der Waals surface area (Å²) in [7, 11) is 2.97. The predicted octanol–water partition coefficient (Wildman–Crippen LogP) is 1.38. The summed E-state index contributed by atoms with van der Waals surface area (Å²) in [6, 6.07) is 4.85. The van der Waals surface area contributed by atoms with Gasteiger partial charge in [0, 0.05) is 31.4 Å². The molecule has 0 saturated heterocycles. The third-order valence-electron chi connectivity index (χ3n) is 2.69. The van der Waals surface area contributed by atoms with E-state index in [9.17, 15) is 9.59 Å². The van der Waals surface area contributed by atoms with Crippen LogP contribution < -0.4 is 10.9 Å². The molecule has 0 aliphatic rings. The van der Waals surface area contributed by atoms with Gasteiger partial charge in [-0.25, -0.2) is 4.79 Å². The minimum atomic E-state index is -0.512. The fourth-order valence-corrected chi connectivity index (χ4v) is 1.64. The average Bonchev–Trinajstić information content (AvgIpc) is 2.87. The van der Waals surface area contributed by atoms with Gasteiger partial charge in [0.15, 0.2) is 0 Å². The maximum atomic E-state index is 11.4. The second kappa shape index (κ2) is 5.43. The highest BCUT2D eigenvalue weighted by atomic mass is 16.5. The van der Waals surface area contributed by atoms with E-state index in [2.05, 4.69) is 10.1 Å². The molecule has 0 radical (unpaired) electrons. The molecular formula is C13H14N2O4. The van der Waals surface area contributed by atoms with E-state index in [4.69, 9.17) is 4.42 Å². The molecule has 100 valence electrons. The van der Waals surface area contributed by atoms with Gasteiger partial charge in [-0.2, -0.15) is 0 Å². The van der Waals surface area contributed by atoms with Crippen molar-refractivity contribution in [1.29, 1.82) is 0 Å². The zero-order valence-corrected chi connectivity index (χ0v) is 10.7. The molecule has 19 heavy (non-hydrogen) atoms. The Morgan fingerprint density at radius 2 is 2.21 bits per heavy atom. The molecular weight excluding hydrogens is 248 g/mol. The minimum Gasteiger partial charge on any atom is -0.463 e. The summed E-state index contributed by atoms with van der Waals surface area (Å²) < 4.78 is 11.2. The van der Waals surface area contributed by atoms with Gasteiger partial charge in [0.25, 0.3) is 0 Å². The largest absolute Gasteiger partial charge is 0.463 e. The SMILES string of the molecule is COC(=O)c1occc1CNc1ccc(=O)n(C)c1. The number of hydrogen-bond acceptors (Lipinski definition) is 5. The maximum Gasteiger partial charge on any atom is 0.374 e. The van der Waals surface area contributed by atoms with Crippen LogP contribution in [-0.2, 0) is 18.3 Å². The molecule has 6 heteroatoms. The van der Waals surface area contributed by atoms with Crippen molar-refractivity contribution in [3.8, 4) is 0 Å². The number of carbonyl (C=O) groups excluding carboxylic acids is 1. The number of pyridine rings is 1. The molecule has 2 heterocycles. The first kappa shape index (κ1) is 12.9. The van der Waals surface area contributed by atoms with Crippen LogP contribution in [0.25, 0.3) is 0 Å². The van der Waals surface area contributed by atoms with E-state index in [-0.39, 0.29) is 11.3 Å². The van der Waals surface area contributed by atoms with Crippen molar-refractivity contribution in [2.24, 2.45) is 7.05 Å². The fraction of sp³-hybridized carbons (Fsp3) is 0.231. The molecule has 6 nitrogen and oxygen atoms in total. The van der Waals surface area contributed by atoms with Crippen LogP contribution in [0, 0.1) is 0 Å². The van der Waals surface area contributed by atoms with Crippen LogP contribution in [-0.4, -0.2) is 17.6 Å². The molecule has 0 aliphatic heterocycles. The summed E-state index contributed by atoms with van der Waals surface area (Å²) in [5.74, 6) is -0.331. The Balaban J connectivity index is 2.10. The van der Waals surface area contributed by atoms with Gasteiger partial charge < -0.3 is 19.0 Å². The van der Waals surface area contributed by atoms with E-state index in [0.29, 0.717) is 12.1 Å². The molecule has 0 saturated carbocycles. The molecule has 0 aliphatic carbocycles. The number of esters is 1. The number of ether oxygens (including phenoxy) is 1. The van der Waals surface area contributed by atoms with Gasteiger partial charge in [-0.3, -0.25) is 4.79 Å². The second-order valence-corrected chi connectivity index (χ2v) is 3.99. The number of aryl methyl sites for hydroxylation is 1. The first-order chi connectivity index (χ1) is 9.11. The normalized spacial score (nSPS) is 10.2. The van der Waals surface area contributed by atoms with E-state index in [1.807, 2.05) is 0 Å². The minimum absolute atomic E-state index is 0.0795. The third kappa shape index (κ3) is 2.85. The van der Waals surface area contributed by atoms with E-state index < -0.39 is 5.97 Å². The van der Waals surface area contributed by atoms with Gasteiger partial charge in [0.2, 0.25) is 11.3 Å². The molecule has 1 N–H and O–H groups in total. The number of rotatable bonds is 4. The quantitative estimate of drug-likeness (QED) is 0.842. The Morgan fingerprint density at radius 1 is 1.42 bits per heavy atom. The first-order valence-corrected chi connectivity index (χ1v) is 5.67. The lowest BCUT2D eigenvalue weighted by Gasteiger charge is -2.07. The first-order valence-electron chi connectivity index (χ1n) is 5.67. The number of anilines is 1. The van der Waals surface area contributed by atoms with Crippen LogP contribution in [0.1, 0.15) is 16.1 Å². The lowest BCUT2D eigenvalue weighted by molar-refractivity contribution is 0.0563.